The van der Waals surface area contributed by atoms with Crippen LogP contribution < -0.4 is 5.32 Å². The zero-order valence-electron chi connectivity index (χ0n) is 10.6. The zero-order valence-corrected chi connectivity index (χ0v) is 12.9. The lowest BCUT2D eigenvalue weighted by Crippen LogP contribution is -2.03. The quantitative estimate of drug-likeness (QED) is 0.732. The number of halogens is 3. The highest BCUT2D eigenvalue weighted by Crippen LogP contribution is 2.30. The van der Waals surface area contributed by atoms with Gasteiger partial charge in [-0.15, -0.1) is 0 Å². The SMILES string of the molecule is Clc1ccc(Nc2nc(-n3cccn3)c(Cl)cc2Cl)cc1. The Morgan fingerprint density at radius 3 is 2.43 bits per heavy atom. The number of nitrogens with zero attached hydrogens (tertiary/aromatic N) is 3. The summed E-state index contributed by atoms with van der Waals surface area (Å²) >= 11 is 18.2. The predicted octanol–water partition coefficient (Wildman–Crippen LogP) is 4.97. The molecular formula is C14H9Cl3N4. The molecule has 0 unspecified atom stereocenters. The fraction of sp³-hybridized carbons (Fsp3) is 0. The smallest absolute Gasteiger partial charge is 0.174 e. The van der Waals surface area contributed by atoms with Crippen LogP contribution in [-0.2, 0) is 0 Å². The Morgan fingerprint density at radius 2 is 1.76 bits per heavy atom. The number of aromatic nitrogens is 3. The molecule has 106 valence electrons. The minimum absolute atomic E-state index is 0.422. The van der Waals surface area contributed by atoms with Crippen molar-refractivity contribution >= 4 is 46.3 Å². The van der Waals surface area contributed by atoms with Gasteiger partial charge in [0.2, 0.25) is 0 Å². The maximum Gasteiger partial charge on any atom is 0.174 e. The van der Waals surface area contributed by atoms with Gasteiger partial charge in [-0.25, -0.2) is 9.67 Å². The standard InChI is InChI=1S/C14H9Cl3N4/c15-9-2-4-10(5-3-9)19-13-11(16)8-12(17)14(20-13)21-7-1-6-18-21/h1-8H,(H,19,20). The van der Waals surface area contributed by atoms with E-state index in [-0.39, 0.29) is 0 Å². The highest BCUT2D eigenvalue weighted by atomic mass is 35.5. The summed E-state index contributed by atoms with van der Waals surface area (Å²) < 4.78 is 1.58. The molecule has 0 fully saturated rings. The second kappa shape index (κ2) is 5.93. The van der Waals surface area contributed by atoms with E-state index in [4.69, 9.17) is 34.8 Å². The van der Waals surface area contributed by atoms with Crippen molar-refractivity contribution in [1.82, 2.24) is 14.8 Å². The van der Waals surface area contributed by atoms with Crippen LogP contribution in [0.15, 0.2) is 48.8 Å². The predicted molar refractivity (Wildman–Crippen MR) is 86.1 cm³/mol. The molecule has 3 rings (SSSR count). The van der Waals surface area contributed by atoms with Crippen molar-refractivity contribution in [3.05, 3.63) is 63.9 Å². The van der Waals surface area contributed by atoms with Crippen LogP contribution in [0.5, 0.6) is 0 Å². The molecule has 1 aromatic carbocycles. The minimum atomic E-state index is 0.422. The van der Waals surface area contributed by atoms with E-state index in [0.717, 1.165) is 5.69 Å². The van der Waals surface area contributed by atoms with Gasteiger partial charge in [-0.1, -0.05) is 34.8 Å². The van der Waals surface area contributed by atoms with Crippen LogP contribution in [0.3, 0.4) is 0 Å². The average Bonchev–Trinajstić information content (AvgIpc) is 2.98. The number of rotatable bonds is 3. The van der Waals surface area contributed by atoms with Crippen molar-refractivity contribution < 1.29 is 0 Å². The molecule has 1 N–H and O–H groups in total. The highest BCUT2D eigenvalue weighted by Gasteiger charge is 2.11. The average molecular weight is 340 g/mol. The molecule has 0 aliphatic carbocycles. The fourth-order valence-electron chi connectivity index (χ4n) is 1.77. The van der Waals surface area contributed by atoms with Gasteiger partial charge < -0.3 is 5.32 Å². The van der Waals surface area contributed by atoms with E-state index in [1.165, 1.54) is 0 Å². The first-order valence-corrected chi connectivity index (χ1v) is 7.15. The Labute approximate surface area is 136 Å². The molecule has 3 aromatic rings. The maximum atomic E-state index is 6.18. The van der Waals surface area contributed by atoms with Gasteiger partial charge in [0, 0.05) is 23.1 Å². The summed E-state index contributed by atoms with van der Waals surface area (Å²) in [4.78, 5) is 4.42. The zero-order chi connectivity index (χ0) is 14.8. The summed E-state index contributed by atoms with van der Waals surface area (Å²) in [6, 6.07) is 10.7. The van der Waals surface area contributed by atoms with Crippen molar-refractivity contribution in [2.75, 3.05) is 5.32 Å². The molecule has 0 aliphatic heterocycles. The number of anilines is 2. The Bertz CT molecular complexity index is 755. The number of hydrogen-bond acceptors (Lipinski definition) is 3. The number of nitrogens with one attached hydrogen (secondary N) is 1. The van der Waals surface area contributed by atoms with E-state index in [2.05, 4.69) is 15.4 Å². The lowest BCUT2D eigenvalue weighted by atomic mass is 10.3. The molecule has 0 amide bonds. The molecule has 4 nitrogen and oxygen atoms in total. The van der Waals surface area contributed by atoms with Crippen LogP contribution in [-0.4, -0.2) is 14.8 Å². The van der Waals surface area contributed by atoms with Gasteiger partial charge in [-0.05, 0) is 36.4 Å². The van der Waals surface area contributed by atoms with E-state index in [9.17, 15) is 0 Å². The number of benzene rings is 1. The van der Waals surface area contributed by atoms with Crippen LogP contribution in [0.1, 0.15) is 0 Å². The lowest BCUT2D eigenvalue weighted by molar-refractivity contribution is 0.848. The topological polar surface area (TPSA) is 42.7 Å². The molecule has 0 aliphatic rings. The fourth-order valence-corrected chi connectivity index (χ4v) is 2.39. The van der Waals surface area contributed by atoms with Gasteiger partial charge >= 0.3 is 0 Å². The normalized spacial score (nSPS) is 10.6. The summed E-state index contributed by atoms with van der Waals surface area (Å²) in [5.41, 5.74) is 0.822. The molecule has 0 saturated carbocycles. The third kappa shape index (κ3) is 3.13. The van der Waals surface area contributed by atoms with E-state index >= 15 is 0 Å². The number of hydrogen-bond donors (Lipinski definition) is 1. The molecular weight excluding hydrogens is 331 g/mol. The van der Waals surface area contributed by atoms with Gasteiger partial charge in [0.1, 0.15) is 0 Å². The Morgan fingerprint density at radius 1 is 1.00 bits per heavy atom. The summed E-state index contributed by atoms with van der Waals surface area (Å²) in [7, 11) is 0. The molecule has 0 spiro atoms. The van der Waals surface area contributed by atoms with E-state index in [0.29, 0.717) is 26.7 Å². The maximum absolute atomic E-state index is 6.18. The minimum Gasteiger partial charge on any atom is -0.339 e. The van der Waals surface area contributed by atoms with Gasteiger partial charge in [0.15, 0.2) is 11.6 Å². The van der Waals surface area contributed by atoms with Crippen molar-refractivity contribution in [2.45, 2.75) is 0 Å². The van der Waals surface area contributed by atoms with Crippen LogP contribution >= 0.6 is 34.8 Å². The van der Waals surface area contributed by atoms with Crippen LogP contribution in [0.4, 0.5) is 11.5 Å². The van der Waals surface area contributed by atoms with E-state index < -0.39 is 0 Å². The Balaban J connectivity index is 1.98. The molecule has 7 heteroatoms. The summed E-state index contributed by atoms with van der Waals surface area (Å²) in [5, 5.41) is 8.75. The van der Waals surface area contributed by atoms with E-state index in [1.807, 2.05) is 12.1 Å². The summed E-state index contributed by atoms with van der Waals surface area (Å²) in [6.07, 6.45) is 3.41. The third-order valence-corrected chi connectivity index (χ3v) is 3.56. The van der Waals surface area contributed by atoms with Gasteiger partial charge in [-0.2, -0.15) is 5.10 Å². The van der Waals surface area contributed by atoms with Gasteiger partial charge in [-0.3, -0.25) is 0 Å². The first kappa shape index (κ1) is 14.2. The highest BCUT2D eigenvalue weighted by molar-refractivity contribution is 6.37. The Hall–Kier alpha value is -1.75. The molecule has 0 radical (unpaired) electrons. The van der Waals surface area contributed by atoms with Crippen molar-refractivity contribution in [3.63, 3.8) is 0 Å². The van der Waals surface area contributed by atoms with Crippen LogP contribution in [0.2, 0.25) is 15.1 Å². The molecule has 0 atom stereocenters. The summed E-state index contributed by atoms with van der Waals surface area (Å²) in [6.45, 7) is 0. The van der Waals surface area contributed by atoms with Crippen LogP contribution in [0, 0.1) is 0 Å². The number of pyridine rings is 1. The van der Waals surface area contributed by atoms with Crippen molar-refractivity contribution in [1.29, 1.82) is 0 Å². The molecule has 2 aromatic heterocycles. The lowest BCUT2D eigenvalue weighted by Gasteiger charge is -2.11. The molecule has 21 heavy (non-hydrogen) atoms. The van der Waals surface area contributed by atoms with Gasteiger partial charge in [0.05, 0.1) is 10.0 Å². The monoisotopic (exact) mass is 338 g/mol. The van der Waals surface area contributed by atoms with Crippen molar-refractivity contribution in [2.24, 2.45) is 0 Å². The second-order valence-corrected chi connectivity index (χ2v) is 5.46. The molecule has 0 bridgehead atoms. The van der Waals surface area contributed by atoms with Gasteiger partial charge in [0.25, 0.3) is 0 Å². The Kier molecular flexibility index (Phi) is 4.01. The third-order valence-electron chi connectivity index (χ3n) is 2.74. The van der Waals surface area contributed by atoms with E-state index in [1.54, 1.807) is 41.3 Å². The first-order valence-electron chi connectivity index (χ1n) is 6.02. The summed E-state index contributed by atoms with van der Waals surface area (Å²) in [5.74, 6) is 0.997. The molecule has 2 heterocycles. The molecule has 0 saturated heterocycles. The largest absolute Gasteiger partial charge is 0.339 e. The second-order valence-electron chi connectivity index (χ2n) is 4.21. The van der Waals surface area contributed by atoms with Crippen LogP contribution in [0.25, 0.3) is 5.82 Å². The first-order chi connectivity index (χ1) is 10.1. The van der Waals surface area contributed by atoms with Crippen molar-refractivity contribution in [3.8, 4) is 5.82 Å².